The van der Waals surface area contributed by atoms with Gasteiger partial charge in [-0.2, -0.15) is 0 Å². The Bertz CT molecular complexity index is 666. The first-order valence-corrected chi connectivity index (χ1v) is 9.23. The van der Waals surface area contributed by atoms with Crippen molar-refractivity contribution in [1.29, 1.82) is 0 Å². The van der Waals surface area contributed by atoms with Crippen molar-refractivity contribution in [2.45, 2.75) is 46.3 Å². The Morgan fingerprint density at radius 3 is 2.32 bits per heavy atom. The van der Waals surface area contributed by atoms with E-state index in [0.717, 1.165) is 11.3 Å². The number of nitrogens with one attached hydrogen (secondary N) is 1. The number of likely N-dealkylation sites (N-methyl/N-ethyl adjacent to an activating group) is 1. The zero-order valence-corrected chi connectivity index (χ0v) is 17.4. The number of carbonyl (C=O) groups excluding carboxylic acids is 2. The summed E-state index contributed by atoms with van der Waals surface area (Å²) in [6.45, 7) is 8.82. The van der Waals surface area contributed by atoms with Crippen LogP contribution in [0.15, 0.2) is 9.85 Å². The normalized spacial score (nSPS) is 12.6. The number of ether oxygens (including phenoxy) is 1. The molecule has 1 aromatic rings. The molecule has 1 heterocycles. The molecule has 140 valence electrons. The standard InChI is InChI=1S/C16H23BrN2O5S/c1-8(2)11(19(6)15(23)24-16(3,4)5)13(20)18-9-7-10(17)25-12(9)14(21)22/h7-8,11H,1-6H3,(H,18,20)(H,21,22). The third kappa shape index (κ3) is 6.00. The number of carbonyl (C=O) groups is 3. The molecule has 1 atom stereocenters. The van der Waals surface area contributed by atoms with Gasteiger partial charge in [-0.25, -0.2) is 9.59 Å². The summed E-state index contributed by atoms with van der Waals surface area (Å²) in [7, 11) is 1.49. The summed E-state index contributed by atoms with van der Waals surface area (Å²) in [4.78, 5) is 37.5. The highest BCUT2D eigenvalue weighted by molar-refractivity contribution is 9.11. The van der Waals surface area contributed by atoms with Crippen molar-refractivity contribution in [3.63, 3.8) is 0 Å². The molecule has 1 rings (SSSR count). The van der Waals surface area contributed by atoms with Gasteiger partial charge in [-0.1, -0.05) is 13.8 Å². The highest BCUT2D eigenvalue weighted by atomic mass is 79.9. The molecular formula is C16H23BrN2O5S. The average Bonchev–Trinajstić information content (AvgIpc) is 2.77. The van der Waals surface area contributed by atoms with Gasteiger partial charge in [-0.3, -0.25) is 9.69 Å². The lowest BCUT2D eigenvalue weighted by atomic mass is 10.0. The molecule has 25 heavy (non-hydrogen) atoms. The van der Waals surface area contributed by atoms with Crippen LogP contribution in [0.4, 0.5) is 10.5 Å². The first-order chi connectivity index (χ1) is 11.3. The first kappa shape index (κ1) is 21.4. The molecule has 0 aliphatic rings. The lowest BCUT2D eigenvalue weighted by Crippen LogP contribution is -2.49. The fraction of sp³-hybridized carbons (Fsp3) is 0.562. The smallest absolute Gasteiger partial charge is 0.410 e. The quantitative estimate of drug-likeness (QED) is 0.728. The van der Waals surface area contributed by atoms with E-state index in [4.69, 9.17) is 4.74 Å². The van der Waals surface area contributed by atoms with E-state index in [1.165, 1.54) is 18.0 Å². The largest absolute Gasteiger partial charge is 0.477 e. The summed E-state index contributed by atoms with van der Waals surface area (Å²) in [5.41, 5.74) is -0.490. The van der Waals surface area contributed by atoms with Crippen LogP contribution in [0.3, 0.4) is 0 Å². The molecule has 1 aromatic heterocycles. The molecule has 0 bridgehead atoms. The molecule has 2 N–H and O–H groups in total. The van der Waals surface area contributed by atoms with E-state index < -0.39 is 29.6 Å². The minimum absolute atomic E-state index is 0.0163. The van der Waals surface area contributed by atoms with E-state index in [1.807, 2.05) is 0 Å². The van der Waals surface area contributed by atoms with E-state index in [2.05, 4.69) is 21.2 Å². The summed E-state index contributed by atoms with van der Waals surface area (Å²) in [5.74, 6) is -1.81. The van der Waals surface area contributed by atoms with Crippen molar-refractivity contribution < 1.29 is 24.2 Å². The van der Waals surface area contributed by atoms with Crippen LogP contribution in [-0.4, -0.2) is 46.7 Å². The number of hydrogen-bond acceptors (Lipinski definition) is 5. The van der Waals surface area contributed by atoms with Gasteiger partial charge >= 0.3 is 12.1 Å². The van der Waals surface area contributed by atoms with Crippen LogP contribution < -0.4 is 5.32 Å². The zero-order chi connectivity index (χ0) is 19.5. The van der Waals surface area contributed by atoms with E-state index in [0.29, 0.717) is 3.79 Å². The second kappa shape index (κ2) is 8.18. The van der Waals surface area contributed by atoms with E-state index in [9.17, 15) is 19.5 Å². The fourth-order valence-corrected chi connectivity index (χ4v) is 3.59. The Kier molecular flexibility index (Phi) is 7.01. The zero-order valence-electron chi connectivity index (χ0n) is 15.0. The van der Waals surface area contributed by atoms with Gasteiger partial charge in [0, 0.05) is 7.05 Å². The Hall–Kier alpha value is -1.61. The molecule has 0 fully saturated rings. The Labute approximate surface area is 159 Å². The van der Waals surface area contributed by atoms with Gasteiger partial charge in [-0.15, -0.1) is 11.3 Å². The summed E-state index contributed by atoms with van der Waals surface area (Å²) < 4.78 is 5.89. The molecule has 9 heteroatoms. The minimum Gasteiger partial charge on any atom is -0.477 e. The molecule has 0 aromatic carbocycles. The number of nitrogens with zero attached hydrogens (tertiary/aromatic N) is 1. The number of aromatic carboxylic acids is 1. The maximum absolute atomic E-state index is 12.7. The van der Waals surface area contributed by atoms with Crippen LogP contribution >= 0.6 is 27.3 Å². The number of carboxylic acid groups (broad SMARTS) is 1. The van der Waals surface area contributed by atoms with Crippen molar-refractivity contribution in [2.75, 3.05) is 12.4 Å². The molecule has 0 saturated carbocycles. The van der Waals surface area contributed by atoms with Crippen molar-refractivity contribution in [3.05, 3.63) is 14.7 Å². The third-order valence-electron chi connectivity index (χ3n) is 3.15. The number of anilines is 1. The number of hydrogen-bond donors (Lipinski definition) is 2. The summed E-state index contributed by atoms with van der Waals surface area (Å²) in [6.07, 6.45) is -0.619. The second-order valence-corrected chi connectivity index (χ2v) is 9.30. The van der Waals surface area contributed by atoms with Crippen molar-refractivity contribution >= 4 is 50.9 Å². The van der Waals surface area contributed by atoms with Gasteiger partial charge in [0.15, 0.2) is 0 Å². The topological polar surface area (TPSA) is 95.9 Å². The third-order valence-corrected chi connectivity index (χ3v) is 4.78. The van der Waals surface area contributed by atoms with E-state index >= 15 is 0 Å². The molecule has 0 radical (unpaired) electrons. The van der Waals surface area contributed by atoms with Gasteiger partial charge in [0.1, 0.15) is 16.5 Å². The molecular weight excluding hydrogens is 412 g/mol. The van der Waals surface area contributed by atoms with Gasteiger partial charge < -0.3 is 15.2 Å². The Balaban J connectivity index is 3.01. The van der Waals surface area contributed by atoms with Gasteiger partial charge in [-0.05, 0) is 48.7 Å². The minimum atomic E-state index is -1.13. The number of amides is 2. The number of thiophene rings is 1. The van der Waals surface area contributed by atoms with Gasteiger partial charge in [0.05, 0.1) is 9.47 Å². The Morgan fingerprint density at radius 1 is 1.32 bits per heavy atom. The molecule has 1 unspecified atom stereocenters. The summed E-state index contributed by atoms with van der Waals surface area (Å²) in [6, 6.07) is 0.715. The van der Waals surface area contributed by atoms with Crippen LogP contribution in [0.25, 0.3) is 0 Å². The lowest BCUT2D eigenvalue weighted by molar-refractivity contribution is -0.122. The summed E-state index contributed by atoms with van der Waals surface area (Å²) in [5, 5.41) is 11.8. The fourth-order valence-electron chi connectivity index (χ4n) is 2.19. The molecule has 2 amide bonds. The molecule has 0 aliphatic heterocycles. The molecule has 7 nitrogen and oxygen atoms in total. The highest BCUT2D eigenvalue weighted by Gasteiger charge is 2.33. The van der Waals surface area contributed by atoms with Crippen molar-refractivity contribution in [1.82, 2.24) is 4.90 Å². The SMILES string of the molecule is CC(C)C(C(=O)Nc1cc(Br)sc1C(=O)O)N(C)C(=O)OC(C)(C)C. The average molecular weight is 435 g/mol. The van der Waals surface area contributed by atoms with Crippen molar-refractivity contribution in [2.24, 2.45) is 5.92 Å². The maximum Gasteiger partial charge on any atom is 0.410 e. The highest BCUT2D eigenvalue weighted by Crippen LogP contribution is 2.31. The molecule has 0 saturated heterocycles. The van der Waals surface area contributed by atoms with Crippen LogP contribution in [0.1, 0.15) is 44.3 Å². The first-order valence-electron chi connectivity index (χ1n) is 7.62. The maximum atomic E-state index is 12.7. The lowest BCUT2D eigenvalue weighted by Gasteiger charge is -2.32. The number of carboxylic acids is 1. The van der Waals surface area contributed by atoms with Crippen LogP contribution in [0.2, 0.25) is 0 Å². The predicted molar refractivity (Wildman–Crippen MR) is 100 cm³/mol. The number of halogens is 1. The van der Waals surface area contributed by atoms with E-state index in [1.54, 1.807) is 34.6 Å². The molecule has 0 spiro atoms. The van der Waals surface area contributed by atoms with Crippen LogP contribution in [-0.2, 0) is 9.53 Å². The number of rotatable bonds is 5. The van der Waals surface area contributed by atoms with Crippen LogP contribution in [0.5, 0.6) is 0 Å². The second-order valence-electron chi connectivity index (χ2n) is 6.87. The van der Waals surface area contributed by atoms with Gasteiger partial charge in [0.2, 0.25) is 5.91 Å². The summed E-state index contributed by atoms with van der Waals surface area (Å²) >= 11 is 4.22. The predicted octanol–water partition coefficient (Wildman–Crippen LogP) is 4.04. The van der Waals surface area contributed by atoms with E-state index in [-0.39, 0.29) is 16.5 Å². The van der Waals surface area contributed by atoms with Crippen molar-refractivity contribution in [3.8, 4) is 0 Å². The monoisotopic (exact) mass is 434 g/mol. The van der Waals surface area contributed by atoms with Gasteiger partial charge in [0.25, 0.3) is 0 Å². The Morgan fingerprint density at radius 2 is 1.88 bits per heavy atom. The molecule has 0 aliphatic carbocycles. The van der Waals surface area contributed by atoms with Crippen LogP contribution in [0, 0.1) is 5.92 Å².